The average Bonchev–Trinajstić information content (AvgIpc) is 2.60. The van der Waals surface area contributed by atoms with E-state index in [4.69, 9.17) is 11.3 Å². The minimum absolute atomic E-state index is 0.202. The number of rotatable bonds is 3. The Morgan fingerprint density at radius 2 is 2.00 bits per heavy atom. The van der Waals surface area contributed by atoms with Crippen LogP contribution in [0.1, 0.15) is 52.9 Å². The van der Waals surface area contributed by atoms with Crippen molar-refractivity contribution in [1.29, 1.82) is 0 Å². The second kappa shape index (κ2) is 5.39. The molecule has 1 aliphatic carbocycles. The number of amides is 1. The normalized spacial score (nSPS) is 18.5. The molecule has 1 N–H and O–H groups in total. The Bertz CT molecular complexity index is 306. The number of carbonyl (C=O) groups excluding carboxylic acids is 1. The molecule has 96 valence electrons. The van der Waals surface area contributed by atoms with E-state index in [0.29, 0.717) is 6.54 Å². The molecule has 0 spiro atoms. The van der Waals surface area contributed by atoms with E-state index >= 15 is 0 Å². The van der Waals surface area contributed by atoms with Crippen LogP contribution in [-0.4, -0.2) is 23.8 Å². The van der Waals surface area contributed by atoms with Crippen LogP contribution in [0.2, 0.25) is 0 Å². The highest BCUT2D eigenvalue weighted by molar-refractivity contribution is 5.68. The Hall–Kier alpha value is -1.24. The first-order valence-corrected chi connectivity index (χ1v) is 6.21. The second-order valence-electron chi connectivity index (χ2n) is 5.75. The quantitative estimate of drug-likeness (QED) is 0.767. The topological polar surface area (TPSA) is 42.7 Å². The first kappa shape index (κ1) is 13.8. The molecule has 1 amide bonds. The lowest BCUT2D eigenvalue weighted by Crippen LogP contribution is -2.48. The maximum Gasteiger partial charge on any atom is 0.408 e. The summed E-state index contributed by atoms with van der Waals surface area (Å²) in [5, 5.41) is 2.98. The summed E-state index contributed by atoms with van der Waals surface area (Å²) in [7, 11) is 0. The lowest BCUT2D eigenvalue weighted by molar-refractivity contribution is 0.0453. The summed E-state index contributed by atoms with van der Waals surface area (Å²) in [6, 6.07) is 0. The predicted octanol–water partition coefficient (Wildman–Crippen LogP) is 3.13. The number of nitrogens with one attached hydrogen (secondary N) is 1. The molecule has 1 aliphatic rings. The van der Waals surface area contributed by atoms with Crippen molar-refractivity contribution >= 4 is 6.09 Å². The molecule has 0 saturated heterocycles. The molecule has 0 bridgehead atoms. The van der Waals surface area contributed by atoms with Gasteiger partial charge in [-0.1, -0.05) is 12.8 Å². The predicted molar refractivity (Wildman–Crippen MR) is 66.7 cm³/mol. The molecule has 0 heterocycles. The van der Waals surface area contributed by atoms with Crippen LogP contribution < -0.4 is 5.32 Å². The molecule has 1 fully saturated rings. The van der Waals surface area contributed by atoms with Crippen LogP contribution in [0.15, 0.2) is 0 Å². The van der Waals surface area contributed by atoms with Crippen LogP contribution in [-0.2, 0) is 4.74 Å². The van der Waals surface area contributed by atoms with Crippen LogP contribution in [0.4, 0.5) is 4.79 Å². The number of ether oxygens (including phenoxy) is 1. The van der Waals surface area contributed by atoms with Crippen LogP contribution in [0.25, 0.3) is 4.85 Å². The zero-order valence-corrected chi connectivity index (χ0v) is 11.0. The monoisotopic (exact) mass is 238 g/mol. The van der Waals surface area contributed by atoms with E-state index in [-0.39, 0.29) is 11.6 Å². The molecule has 0 aromatic carbocycles. The standard InChI is InChI=1S/C13H22N2O2/c1-12(2,3)17-11(16)15-13(9-10-14-4)7-5-6-8-13/h5-10H2,1-3H3,(H,15,16). The summed E-state index contributed by atoms with van der Waals surface area (Å²) < 4.78 is 5.28. The Labute approximate surface area is 104 Å². The van der Waals surface area contributed by atoms with Gasteiger partial charge < -0.3 is 14.9 Å². The SMILES string of the molecule is [C-]#[N+]CCC1(NC(=O)OC(C)(C)C)CCCC1. The maximum absolute atomic E-state index is 11.8. The molecule has 17 heavy (non-hydrogen) atoms. The number of nitrogens with zero attached hydrogens (tertiary/aromatic N) is 1. The Morgan fingerprint density at radius 3 is 2.47 bits per heavy atom. The zero-order valence-electron chi connectivity index (χ0n) is 11.0. The van der Waals surface area contributed by atoms with Crippen LogP contribution in [0, 0.1) is 6.57 Å². The summed E-state index contributed by atoms with van der Waals surface area (Å²) in [6.45, 7) is 12.9. The van der Waals surface area contributed by atoms with Crippen molar-refractivity contribution in [3.63, 3.8) is 0 Å². The molecule has 1 rings (SSSR count). The highest BCUT2D eigenvalue weighted by Gasteiger charge is 2.37. The third-order valence-electron chi connectivity index (χ3n) is 3.03. The van der Waals surface area contributed by atoms with E-state index in [1.165, 1.54) is 0 Å². The third kappa shape index (κ3) is 4.64. The van der Waals surface area contributed by atoms with E-state index in [1.54, 1.807) is 0 Å². The van der Waals surface area contributed by atoms with Gasteiger partial charge in [0.05, 0.1) is 5.54 Å². The summed E-state index contributed by atoms with van der Waals surface area (Å²) in [5.41, 5.74) is -0.670. The Morgan fingerprint density at radius 1 is 1.41 bits per heavy atom. The van der Waals surface area contributed by atoms with Crippen molar-refractivity contribution in [2.45, 2.75) is 64.0 Å². The number of hydrogen-bond donors (Lipinski definition) is 1. The maximum atomic E-state index is 11.8. The second-order valence-corrected chi connectivity index (χ2v) is 5.75. The molecule has 0 atom stereocenters. The highest BCUT2D eigenvalue weighted by atomic mass is 16.6. The van der Waals surface area contributed by atoms with Crippen LogP contribution in [0.3, 0.4) is 0 Å². The molecular weight excluding hydrogens is 216 g/mol. The van der Waals surface area contributed by atoms with Crippen molar-refractivity contribution in [3.05, 3.63) is 11.4 Å². The molecule has 0 unspecified atom stereocenters. The lowest BCUT2D eigenvalue weighted by Gasteiger charge is -2.30. The molecule has 0 aromatic heterocycles. The van der Waals surface area contributed by atoms with Crippen molar-refractivity contribution in [3.8, 4) is 0 Å². The number of alkyl carbamates (subject to hydrolysis) is 1. The van der Waals surface area contributed by atoms with Crippen molar-refractivity contribution in [2.75, 3.05) is 6.54 Å². The van der Waals surface area contributed by atoms with Gasteiger partial charge in [0.15, 0.2) is 0 Å². The fourth-order valence-electron chi connectivity index (χ4n) is 2.28. The van der Waals surface area contributed by atoms with Crippen molar-refractivity contribution < 1.29 is 9.53 Å². The smallest absolute Gasteiger partial charge is 0.408 e. The summed E-state index contributed by atoms with van der Waals surface area (Å²) in [6.07, 6.45) is 4.53. The number of hydrogen-bond acceptors (Lipinski definition) is 2. The van der Waals surface area contributed by atoms with Gasteiger partial charge in [-0.2, -0.15) is 0 Å². The zero-order chi connectivity index (χ0) is 12.9. The molecule has 0 aliphatic heterocycles. The van der Waals surface area contributed by atoms with Gasteiger partial charge in [-0.05, 0) is 33.6 Å². The minimum Gasteiger partial charge on any atom is -0.444 e. The Kier molecular flexibility index (Phi) is 4.39. The minimum atomic E-state index is -0.469. The van der Waals surface area contributed by atoms with Crippen LogP contribution >= 0.6 is 0 Å². The first-order valence-electron chi connectivity index (χ1n) is 6.21. The van der Waals surface area contributed by atoms with Crippen molar-refractivity contribution in [1.82, 2.24) is 5.32 Å². The fourth-order valence-corrected chi connectivity index (χ4v) is 2.28. The van der Waals surface area contributed by atoms with E-state index in [1.807, 2.05) is 20.8 Å². The van der Waals surface area contributed by atoms with Gasteiger partial charge in [0, 0.05) is 6.42 Å². The molecule has 4 heteroatoms. The molecule has 1 saturated carbocycles. The summed E-state index contributed by atoms with van der Waals surface area (Å²) >= 11 is 0. The largest absolute Gasteiger partial charge is 0.444 e. The molecule has 0 aromatic rings. The van der Waals surface area contributed by atoms with Gasteiger partial charge >= 0.3 is 6.09 Å². The average molecular weight is 238 g/mol. The van der Waals surface area contributed by atoms with Gasteiger partial charge in [-0.3, -0.25) is 0 Å². The summed E-state index contributed by atoms with van der Waals surface area (Å²) in [5.74, 6) is 0. The van der Waals surface area contributed by atoms with E-state index < -0.39 is 5.60 Å². The van der Waals surface area contributed by atoms with E-state index in [2.05, 4.69) is 10.2 Å². The van der Waals surface area contributed by atoms with E-state index in [0.717, 1.165) is 32.1 Å². The summed E-state index contributed by atoms with van der Waals surface area (Å²) in [4.78, 5) is 15.2. The van der Waals surface area contributed by atoms with Crippen molar-refractivity contribution in [2.24, 2.45) is 0 Å². The van der Waals surface area contributed by atoms with Gasteiger partial charge in [0.25, 0.3) is 0 Å². The molecule has 4 nitrogen and oxygen atoms in total. The van der Waals surface area contributed by atoms with Gasteiger partial charge in [-0.15, -0.1) is 0 Å². The lowest BCUT2D eigenvalue weighted by atomic mass is 9.93. The van der Waals surface area contributed by atoms with Gasteiger partial charge in [0.1, 0.15) is 5.60 Å². The first-order chi connectivity index (χ1) is 7.87. The molecular formula is C13H22N2O2. The van der Waals surface area contributed by atoms with Crippen LogP contribution in [0.5, 0.6) is 0 Å². The number of carbonyl (C=O) groups is 1. The van der Waals surface area contributed by atoms with Gasteiger partial charge in [-0.25, -0.2) is 11.4 Å². The third-order valence-corrected chi connectivity index (χ3v) is 3.03. The fraction of sp³-hybridized carbons (Fsp3) is 0.846. The van der Waals surface area contributed by atoms with Gasteiger partial charge in [0.2, 0.25) is 6.54 Å². The Balaban J connectivity index is 2.55. The molecule has 0 radical (unpaired) electrons. The highest BCUT2D eigenvalue weighted by Crippen LogP contribution is 2.33. The van der Waals surface area contributed by atoms with E-state index in [9.17, 15) is 4.79 Å².